The van der Waals surface area contributed by atoms with Crippen LogP contribution in [-0.2, 0) is 0 Å². The van der Waals surface area contributed by atoms with Crippen LogP contribution in [0.15, 0.2) is 9.98 Å². The molecule has 37 heavy (non-hydrogen) atoms. The molecule has 0 unspecified atom stereocenters. The first-order valence-corrected chi connectivity index (χ1v) is 13.7. The summed E-state index contributed by atoms with van der Waals surface area (Å²) in [7, 11) is 0. The van der Waals surface area contributed by atoms with Crippen molar-refractivity contribution in [3.8, 4) is 0 Å². The normalized spacial score (nSPS) is 12.5. The van der Waals surface area contributed by atoms with E-state index in [2.05, 4.69) is 108 Å². The van der Waals surface area contributed by atoms with E-state index in [9.17, 15) is 9.90 Å². The third kappa shape index (κ3) is 6.02. The highest BCUT2D eigenvalue weighted by Crippen LogP contribution is 2.24. The maximum absolute atomic E-state index is 12.6. The Hall–Kier alpha value is -2.84. The highest BCUT2D eigenvalue weighted by atomic mass is 16.4. The molecular weight excluding hydrogens is 466 g/mol. The number of amides is 1. The number of aliphatic imine (C=N–C) groups is 1. The van der Waals surface area contributed by atoms with Gasteiger partial charge in [0.05, 0.1) is 12.1 Å². The fourth-order valence-electron chi connectivity index (χ4n) is 5.14. The average Bonchev–Trinajstić information content (AvgIpc) is 3.17. The fourth-order valence-corrected chi connectivity index (χ4v) is 5.14. The maximum Gasteiger partial charge on any atom is 0.415 e. The van der Waals surface area contributed by atoms with Gasteiger partial charge in [-0.05, 0) is 94.5 Å². The number of guanidine groups is 1. The number of rotatable bonds is 8. The van der Waals surface area contributed by atoms with E-state index in [1.54, 1.807) is 0 Å². The van der Waals surface area contributed by atoms with Crippen LogP contribution in [0.4, 0.5) is 10.7 Å². The molecule has 208 valence electrons. The van der Waals surface area contributed by atoms with Gasteiger partial charge in [-0.1, -0.05) is 13.3 Å². The topological polar surface area (TPSA) is 83.9 Å². The second-order valence-electron chi connectivity index (χ2n) is 11.1. The van der Waals surface area contributed by atoms with E-state index in [1.807, 2.05) is 0 Å². The lowest BCUT2D eigenvalue weighted by Gasteiger charge is -2.17. The van der Waals surface area contributed by atoms with Crippen molar-refractivity contribution in [3.05, 3.63) is 28.4 Å². The standard InChI is InChI=1S/C28H49N7O2/c1-14-15-16-31(28(36)37)25(29-26-32(17(2)3)21(10)22(11)33(26)18(4)5)30-27-34(19(6)7)23(12)24(13)35(27)20(8)9/h17-20H,14-16H2,1-13H3/p+1. The molecule has 0 radical (unpaired) electrons. The van der Waals surface area contributed by atoms with Crippen LogP contribution in [0.3, 0.4) is 0 Å². The molecule has 1 N–H and O–H groups in total. The van der Waals surface area contributed by atoms with E-state index in [0.29, 0.717) is 18.1 Å². The van der Waals surface area contributed by atoms with E-state index in [0.717, 1.165) is 35.6 Å². The van der Waals surface area contributed by atoms with Crippen LogP contribution in [0.25, 0.3) is 0 Å². The summed E-state index contributed by atoms with van der Waals surface area (Å²) in [6.45, 7) is 27.8. The molecule has 0 aliphatic rings. The third-order valence-corrected chi connectivity index (χ3v) is 7.03. The van der Waals surface area contributed by atoms with Gasteiger partial charge < -0.3 is 14.2 Å². The summed E-state index contributed by atoms with van der Waals surface area (Å²) in [6.07, 6.45) is 0.549. The SMILES string of the molecule is CCCCN(C(=O)O)/C(N=c1n(C(C)C)c(C)c(C)n1C(C)C)=N\c1n(C(C)C)c(C)c(C)[n+]1C(C)C. The van der Waals surface area contributed by atoms with E-state index in [-0.39, 0.29) is 30.1 Å². The summed E-state index contributed by atoms with van der Waals surface area (Å²) in [5, 5.41) is 10.3. The first-order chi connectivity index (χ1) is 17.2. The van der Waals surface area contributed by atoms with Gasteiger partial charge >= 0.3 is 18.0 Å². The van der Waals surface area contributed by atoms with Crippen molar-refractivity contribution in [1.82, 2.24) is 18.6 Å². The molecule has 0 aliphatic heterocycles. The number of hydrogen-bond donors (Lipinski definition) is 1. The average molecular weight is 517 g/mol. The Kier molecular flexibility index (Phi) is 9.97. The molecule has 9 heteroatoms. The molecule has 1 amide bonds. The molecule has 0 aromatic carbocycles. The zero-order chi connectivity index (χ0) is 28.4. The molecule has 0 bridgehead atoms. The number of carboxylic acid groups (broad SMARTS) is 1. The van der Waals surface area contributed by atoms with Crippen molar-refractivity contribution in [1.29, 1.82) is 0 Å². The molecule has 2 rings (SSSR count). The van der Waals surface area contributed by atoms with Crippen molar-refractivity contribution in [2.24, 2.45) is 9.98 Å². The number of nitrogens with zero attached hydrogens (tertiary/aromatic N) is 7. The molecule has 0 spiro atoms. The lowest BCUT2D eigenvalue weighted by Crippen LogP contribution is -2.41. The summed E-state index contributed by atoms with van der Waals surface area (Å²) < 4.78 is 8.72. The molecule has 2 heterocycles. The number of carbonyl (C=O) groups is 1. The van der Waals surface area contributed by atoms with Gasteiger partial charge in [-0.3, -0.25) is 0 Å². The summed E-state index contributed by atoms with van der Waals surface area (Å²) in [6, 6.07) is 0.601. The van der Waals surface area contributed by atoms with Crippen molar-refractivity contribution in [2.75, 3.05) is 6.54 Å². The van der Waals surface area contributed by atoms with Crippen LogP contribution in [0.2, 0.25) is 0 Å². The highest BCUT2D eigenvalue weighted by Gasteiger charge is 2.32. The molecule has 0 aliphatic carbocycles. The summed E-state index contributed by atoms with van der Waals surface area (Å²) in [5.74, 6) is 0.914. The predicted octanol–water partition coefficient (Wildman–Crippen LogP) is 6.30. The van der Waals surface area contributed by atoms with Gasteiger partial charge in [0.2, 0.25) is 5.62 Å². The van der Waals surface area contributed by atoms with E-state index >= 15 is 0 Å². The Morgan fingerprint density at radius 3 is 1.73 bits per heavy atom. The van der Waals surface area contributed by atoms with Gasteiger partial charge in [-0.2, -0.15) is 4.99 Å². The Morgan fingerprint density at radius 2 is 1.35 bits per heavy atom. The number of aromatic nitrogens is 4. The van der Waals surface area contributed by atoms with Crippen molar-refractivity contribution >= 4 is 18.0 Å². The van der Waals surface area contributed by atoms with Gasteiger partial charge in [-0.25, -0.2) is 18.8 Å². The van der Waals surface area contributed by atoms with Crippen LogP contribution in [0, 0.1) is 27.7 Å². The lowest BCUT2D eigenvalue weighted by molar-refractivity contribution is -0.708. The zero-order valence-electron chi connectivity index (χ0n) is 25.4. The van der Waals surface area contributed by atoms with E-state index in [4.69, 9.17) is 9.98 Å². The fraction of sp³-hybridized carbons (Fsp3) is 0.714. The Morgan fingerprint density at radius 1 is 0.865 bits per heavy atom. The molecule has 2 aromatic rings. The van der Waals surface area contributed by atoms with Gasteiger partial charge in [0.25, 0.3) is 0 Å². The number of imidazole rings is 2. The second-order valence-corrected chi connectivity index (χ2v) is 11.1. The Labute approximate surface area is 223 Å². The molecule has 0 saturated carbocycles. The quantitative estimate of drug-likeness (QED) is 0.253. The predicted molar refractivity (Wildman–Crippen MR) is 150 cm³/mol. The molecule has 2 aromatic heterocycles. The summed E-state index contributed by atoms with van der Waals surface area (Å²) >= 11 is 0. The van der Waals surface area contributed by atoms with Crippen LogP contribution in [0.5, 0.6) is 0 Å². The maximum atomic E-state index is 12.6. The highest BCUT2D eigenvalue weighted by molar-refractivity contribution is 5.94. The van der Waals surface area contributed by atoms with Crippen LogP contribution in [-0.4, -0.2) is 42.3 Å². The van der Waals surface area contributed by atoms with Gasteiger partial charge in [0, 0.05) is 30.0 Å². The minimum atomic E-state index is -1.05. The first-order valence-electron chi connectivity index (χ1n) is 13.7. The minimum absolute atomic E-state index is 0.150. The summed E-state index contributed by atoms with van der Waals surface area (Å²) in [5.41, 5.74) is 5.19. The molecule has 0 fully saturated rings. The smallest absolute Gasteiger partial charge is 0.415 e. The first kappa shape index (κ1) is 30.4. The number of hydrogen-bond acceptors (Lipinski definition) is 2. The van der Waals surface area contributed by atoms with E-state index in [1.165, 1.54) is 4.90 Å². The van der Waals surface area contributed by atoms with Crippen molar-refractivity contribution in [2.45, 2.75) is 127 Å². The zero-order valence-corrected chi connectivity index (χ0v) is 25.4. The minimum Gasteiger partial charge on any atom is -0.465 e. The van der Waals surface area contributed by atoms with Crippen LogP contribution < -0.4 is 10.2 Å². The monoisotopic (exact) mass is 516 g/mol. The van der Waals surface area contributed by atoms with Gasteiger partial charge in [0.15, 0.2) is 0 Å². The largest absolute Gasteiger partial charge is 0.465 e. The summed E-state index contributed by atoms with van der Waals surface area (Å²) in [4.78, 5) is 24.1. The van der Waals surface area contributed by atoms with Crippen LogP contribution in [0.1, 0.15) is 122 Å². The van der Waals surface area contributed by atoms with Crippen molar-refractivity contribution in [3.63, 3.8) is 0 Å². The molecule has 0 saturated heterocycles. The Balaban J connectivity index is 3.12. The third-order valence-electron chi connectivity index (χ3n) is 7.03. The van der Waals surface area contributed by atoms with E-state index < -0.39 is 6.09 Å². The number of unbranched alkanes of at least 4 members (excludes halogenated alkanes) is 1. The van der Waals surface area contributed by atoms with Crippen LogP contribution >= 0.6 is 0 Å². The molecular formula is C28H50N7O2+. The lowest BCUT2D eigenvalue weighted by atomic mass is 10.3. The van der Waals surface area contributed by atoms with Gasteiger partial charge in [-0.15, -0.1) is 0 Å². The van der Waals surface area contributed by atoms with Crippen molar-refractivity contribution < 1.29 is 14.5 Å². The Bertz CT molecular complexity index is 1140. The molecule has 9 nitrogen and oxygen atoms in total. The second kappa shape index (κ2) is 12.1. The molecule has 0 atom stereocenters. The van der Waals surface area contributed by atoms with Gasteiger partial charge in [0.1, 0.15) is 11.4 Å².